The van der Waals surface area contributed by atoms with E-state index >= 15 is 0 Å². The number of rotatable bonds is 4. The Morgan fingerprint density at radius 1 is 1.41 bits per heavy atom. The summed E-state index contributed by atoms with van der Waals surface area (Å²) in [5.74, 6) is -0.993. The van der Waals surface area contributed by atoms with Crippen LogP contribution in [0.5, 0.6) is 0 Å². The number of likely N-dealkylation sites (tertiary alicyclic amines) is 1. The van der Waals surface area contributed by atoms with Gasteiger partial charge in [0.15, 0.2) is 0 Å². The molecule has 5 heteroatoms. The van der Waals surface area contributed by atoms with E-state index in [0.29, 0.717) is 12.8 Å². The van der Waals surface area contributed by atoms with Gasteiger partial charge in [0.25, 0.3) is 0 Å². The van der Waals surface area contributed by atoms with Crippen LogP contribution < -0.4 is 0 Å². The highest BCUT2D eigenvalue weighted by molar-refractivity contribution is 5.99. The average molecular weight is 239 g/mol. The summed E-state index contributed by atoms with van der Waals surface area (Å²) < 4.78 is 4.75. The first-order valence-electron chi connectivity index (χ1n) is 5.63. The van der Waals surface area contributed by atoms with E-state index in [2.05, 4.69) is 6.58 Å². The highest BCUT2D eigenvalue weighted by atomic mass is 16.5. The van der Waals surface area contributed by atoms with Crippen LogP contribution in [0.2, 0.25) is 0 Å². The Hall–Kier alpha value is -1.65. The SMILES string of the molecule is C=C(CN1C(=O)CC(C)CC1=O)C(=O)OCC. The summed E-state index contributed by atoms with van der Waals surface area (Å²) in [5.41, 5.74) is 0.128. The molecule has 94 valence electrons. The van der Waals surface area contributed by atoms with Gasteiger partial charge in [0, 0.05) is 18.4 Å². The van der Waals surface area contributed by atoms with Crippen LogP contribution in [-0.2, 0) is 19.1 Å². The Morgan fingerprint density at radius 3 is 2.41 bits per heavy atom. The van der Waals surface area contributed by atoms with Crippen molar-refractivity contribution < 1.29 is 19.1 Å². The molecule has 1 heterocycles. The van der Waals surface area contributed by atoms with Crippen LogP contribution in [0.4, 0.5) is 0 Å². The standard InChI is InChI=1S/C12H17NO4/c1-4-17-12(16)9(3)7-13-10(14)5-8(2)6-11(13)15/h8H,3-7H2,1-2H3. The topological polar surface area (TPSA) is 63.7 Å². The summed E-state index contributed by atoms with van der Waals surface area (Å²) >= 11 is 0. The number of hydrogen-bond donors (Lipinski definition) is 0. The Labute approximate surface area is 100 Å². The lowest BCUT2D eigenvalue weighted by Gasteiger charge is -2.28. The first kappa shape index (κ1) is 13.4. The van der Waals surface area contributed by atoms with Crippen molar-refractivity contribution in [2.75, 3.05) is 13.2 Å². The fourth-order valence-corrected chi connectivity index (χ4v) is 1.69. The number of piperidine rings is 1. The summed E-state index contributed by atoms with van der Waals surface area (Å²) in [6.45, 7) is 7.25. The highest BCUT2D eigenvalue weighted by Crippen LogP contribution is 2.19. The smallest absolute Gasteiger partial charge is 0.335 e. The van der Waals surface area contributed by atoms with Gasteiger partial charge in [-0.05, 0) is 12.8 Å². The molecule has 1 saturated heterocycles. The summed E-state index contributed by atoms with van der Waals surface area (Å²) in [6.07, 6.45) is 0.670. The zero-order valence-electron chi connectivity index (χ0n) is 10.2. The lowest BCUT2D eigenvalue weighted by molar-refractivity contribution is -0.149. The third-order valence-corrected chi connectivity index (χ3v) is 2.56. The maximum absolute atomic E-state index is 11.6. The lowest BCUT2D eigenvalue weighted by atomic mass is 9.97. The minimum absolute atomic E-state index is 0.0662. The fraction of sp³-hybridized carbons (Fsp3) is 0.583. The molecule has 1 aliphatic heterocycles. The Bertz CT molecular complexity index is 344. The lowest BCUT2D eigenvalue weighted by Crippen LogP contribution is -2.44. The van der Waals surface area contributed by atoms with Crippen LogP contribution in [0.25, 0.3) is 0 Å². The van der Waals surface area contributed by atoms with Gasteiger partial charge in [-0.15, -0.1) is 0 Å². The van der Waals surface area contributed by atoms with Gasteiger partial charge in [-0.2, -0.15) is 0 Å². The quantitative estimate of drug-likeness (QED) is 0.415. The van der Waals surface area contributed by atoms with Crippen molar-refractivity contribution in [1.29, 1.82) is 0 Å². The maximum Gasteiger partial charge on any atom is 0.335 e. The van der Waals surface area contributed by atoms with Crippen molar-refractivity contribution in [1.82, 2.24) is 4.90 Å². The number of carbonyl (C=O) groups is 3. The Kier molecular flexibility index (Phi) is 4.43. The Morgan fingerprint density at radius 2 is 1.94 bits per heavy atom. The molecule has 5 nitrogen and oxygen atoms in total. The molecule has 1 rings (SSSR count). The highest BCUT2D eigenvalue weighted by Gasteiger charge is 2.31. The van der Waals surface area contributed by atoms with Gasteiger partial charge in [-0.3, -0.25) is 14.5 Å². The summed E-state index contributed by atoms with van der Waals surface area (Å²) in [7, 11) is 0. The third kappa shape index (κ3) is 3.41. The molecule has 0 unspecified atom stereocenters. The summed E-state index contributed by atoms with van der Waals surface area (Å²) in [6, 6.07) is 0. The molecule has 0 bridgehead atoms. The van der Waals surface area contributed by atoms with Crippen LogP contribution in [0.3, 0.4) is 0 Å². The zero-order chi connectivity index (χ0) is 13.0. The molecule has 1 fully saturated rings. The molecule has 2 amide bonds. The number of carbonyl (C=O) groups excluding carboxylic acids is 3. The normalized spacial score (nSPS) is 17.2. The number of hydrogen-bond acceptors (Lipinski definition) is 4. The molecule has 0 radical (unpaired) electrons. The molecule has 0 aliphatic carbocycles. The van der Waals surface area contributed by atoms with E-state index in [9.17, 15) is 14.4 Å². The van der Waals surface area contributed by atoms with E-state index in [1.54, 1.807) is 6.92 Å². The molecule has 0 N–H and O–H groups in total. The van der Waals surface area contributed by atoms with E-state index < -0.39 is 5.97 Å². The minimum Gasteiger partial charge on any atom is -0.463 e. The molecular weight excluding hydrogens is 222 g/mol. The second kappa shape index (κ2) is 5.61. The van der Waals surface area contributed by atoms with E-state index in [4.69, 9.17) is 4.74 Å². The second-order valence-electron chi connectivity index (χ2n) is 4.21. The van der Waals surface area contributed by atoms with Gasteiger partial charge in [0.2, 0.25) is 11.8 Å². The summed E-state index contributed by atoms with van der Waals surface area (Å²) in [5, 5.41) is 0. The predicted molar refractivity (Wildman–Crippen MR) is 60.9 cm³/mol. The largest absolute Gasteiger partial charge is 0.463 e. The Balaban J connectivity index is 2.61. The van der Waals surface area contributed by atoms with Gasteiger partial charge in [-0.1, -0.05) is 13.5 Å². The van der Waals surface area contributed by atoms with Crippen LogP contribution in [0.15, 0.2) is 12.2 Å². The molecule has 0 aromatic heterocycles. The molecular formula is C12H17NO4. The molecule has 0 aromatic carbocycles. The number of amides is 2. The number of nitrogens with zero attached hydrogens (tertiary/aromatic N) is 1. The van der Waals surface area contributed by atoms with Crippen molar-refractivity contribution in [2.24, 2.45) is 5.92 Å². The molecule has 1 aliphatic rings. The predicted octanol–water partition coefficient (Wildman–Crippen LogP) is 0.891. The molecule has 0 spiro atoms. The van der Waals surface area contributed by atoms with Crippen LogP contribution >= 0.6 is 0 Å². The van der Waals surface area contributed by atoms with Crippen LogP contribution in [-0.4, -0.2) is 35.8 Å². The van der Waals surface area contributed by atoms with E-state index in [1.807, 2.05) is 6.92 Å². The van der Waals surface area contributed by atoms with E-state index in [1.165, 1.54) is 0 Å². The number of esters is 1. The fourth-order valence-electron chi connectivity index (χ4n) is 1.69. The zero-order valence-corrected chi connectivity index (χ0v) is 10.2. The molecule has 0 aromatic rings. The van der Waals surface area contributed by atoms with Crippen LogP contribution in [0, 0.1) is 5.92 Å². The van der Waals surface area contributed by atoms with E-state index in [0.717, 1.165) is 4.90 Å². The van der Waals surface area contributed by atoms with Crippen molar-refractivity contribution in [3.63, 3.8) is 0 Å². The van der Waals surface area contributed by atoms with Gasteiger partial charge in [0.05, 0.1) is 13.2 Å². The van der Waals surface area contributed by atoms with Gasteiger partial charge >= 0.3 is 5.97 Å². The van der Waals surface area contributed by atoms with Gasteiger partial charge in [0.1, 0.15) is 0 Å². The maximum atomic E-state index is 11.6. The van der Waals surface area contributed by atoms with Crippen molar-refractivity contribution in [2.45, 2.75) is 26.7 Å². The molecule has 17 heavy (non-hydrogen) atoms. The second-order valence-corrected chi connectivity index (χ2v) is 4.21. The number of ether oxygens (including phenoxy) is 1. The van der Waals surface area contributed by atoms with Gasteiger partial charge < -0.3 is 4.74 Å². The first-order valence-corrected chi connectivity index (χ1v) is 5.63. The van der Waals surface area contributed by atoms with E-state index in [-0.39, 0.29) is 36.5 Å². The van der Waals surface area contributed by atoms with Crippen molar-refractivity contribution in [3.05, 3.63) is 12.2 Å². The van der Waals surface area contributed by atoms with Crippen molar-refractivity contribution in [3.8, 4) is 0 Å². The molecule has 0 saturated carbocycles. The minimum atomic E-state index is -0.563. The van der Waals surface area contributed by atoms with Gasteiger partial charge in [-0.25, -0.2) is 4.79 Å². The average Bonchev–Trinajstić information content (AvgIpc) is 2.23. The van der Waals surface area contributed by atoms with Crippen LogP contribution in [0.1, 0.15) is 26.7 Å². The third-order valence-electron chi connectivity index (χ3n) is 2.56. The first-order chi connectivity index (χ1) is 7.95. The van der Waals surface area contributed by atoms with Crippen molar-refractivity contribution >= 4 is 17.8 Å². The summed E-state index contributed by atoms with van der Waals surface area (Å²) in [4.78, 5) is 35.7. The molecule has 0 atom stereocenters. The monoisotopic (exact) mass is 239 g/mol. The number of imide groups is 1.